The van der Waals surface area contributed by atoms with E-state index in [0.717, 1.165) is 32.6 Å². The number of aromatic nitrogens is 3. The van der Waals surface area contributed by atoms with Crippen molar-refractivity contribution in [2.75, 3.05) is 0 Å². The predicted molar refractivity (Wildman–Crippen MR) is 112 cm³/mol. The minimum absolute atomic E-state index is 0.330. The summed E-state index contributed by atoms with van der Waals surface area (Å²) in [4.78, 5) is 24.8. The lowest BCUT2D eigenvalue weighted by Crippen LogP contribution is -2.33. The minimum atomic E-state index is -0.823. The van der Waals surface area contributed by atoms with Crippen molar-refractivity contribution in [3.05, 3.63) is 64.7 Å². The van der Waals surface area contributed by atoms with Gasteiger partial charge < -0.3 is 10.5 Å². The van der Waals surface area contributed by atoms with E-state index in [1.165, 1.54) is 0 Å². The summed E-state index contributed by atoms with van der Waals surface area (Å²) in [6.07, 6.45) is 2.98. The molecule has 1 aromatic carbocycles. The van der Waals surface area contributed by atoms with Gasteiger partial charge in [-0.15, -0.1) is 0 Å². The lowest BCUT2D eigenvalue weighted by Gasteiger charge is -2.23. The number of ether oxygens (including phenoxy) is 1. The van der Waals surface area contributed by atoms with Gasteiger partial charge in [-0.05, 0) is 54.4 Å². The Kier molecular flexibility index (Phi) is 5.74. The number of aryl methyl sites for hydroxylation is 1. The molecule has 0 aliphatic rings. The van der Waals surface area contributed by atoms with Crippen LogP contribution in [-0.4, -0.2) is 26.6 Å². The lowest BCUT2D eigenvalue weighted by molar-refractivity contribution is 0.0446. The average Bonchev–Trinajstić information content (AvgIpc) is 2.62. The van der Waals surface area contributed by atoms with Crippen LogP contribution in [0.3, 0.4) is 0 Å². The first-order chi connectivity index (χ1) is 13.3. The zero-order chi connectivity index (χ0) is 20.3. The second kappa shape index (κ2) is 8.06. The maximum Gasteiger partial charge on any atom is 0.405 e. The second-order valence-corrected chi connectivity index (χ2v) is 7.91. The van der Waals surface area contributed by atoms with E-state index < -0.39 is 11.7 Å². The number of carbonyl (C=O) groups excluding carboxylic acids is 1. The van der Waals surface area contributed by atoms with Gasteiger partial charge in [0.15, 0.2) is 0 Å². The van der Waals surface area contributed by atoms with Crippen LogP contribution in [0.25, 0.3) is 22.5 Å². The molecule has 0 unspecified atom stereocenters. The molecule has 1 amide bonds. The fraction of sp³-hybridized carbons (Fsp3) is 0.238. The summed E-state index contributed by atoms with van der Waals surface area (Å²) >= 11 is 3.55. The summed E-state index contributed by atoms with van der Waals surface area (Å²) < 4.78 is 5.92. The predicted octanol–water partition coefficient (Wildman–Crippen LogP) is 4.69. The monoisotopic (exact) mass is 440 g/mol. The van der Waals surface area contributed by atoms with Gasteiger partial charge in [-0.25, -0.2) is 14.8 Å². The fourth-order valence-corrected chi connectivity index (χ4v) is 3.42. The number of pyridine rings is 1. The Morgan fingerprint density at radius 2 is 1.82 bits per heavy atom. The number of primary amides is 1. The van der Waals surface area contributed by atoms with E-state index in [1.807, 2.05) is 30.3 Å². The molecule has 2 heterocycles. The molecule has 0 saturated carbocycles. The number of carbonyl (C=O) groups is 1. The van der Waals surface area contributed by atoms with Crippen molar-refractivity contribution in [1.82, 2.24) is 15.0 Å². The number of hydrogen-bond acceptors (Lipinski definition) is 5. The van der Waals surface area contributed by atoms with E-state index in [9.17, 15) is 4.79 Å². The van der Waals surface area contributed by atoms with Gasteiger partial charge >= 0.3 is 6.09 Å². The van der Waals surface area contributed by atoms with Gasteiger partial charge in [-0.2, -0.15) is 0 Å². The molecule has 2 N–H and O–H groups in total. The molecule has 0 atom stereocenters. The van der Waals surface area contributed by atoms with Crippen LogP contribution in [0.1, 0.15) is 25.2 Å². The summed E-state index contributed by atoms with van der Waals surface area (Å²) in [7, 11) is 0. The molecule has 2 aromatic heterocycles. The number of benzene rings is 1. The Morgan fingerprint density at radius 1 is 1.11 bits per heavy atom. The minimum Gasteiger partial charge on any atom is -0.443 e. The van der Waals surface area contributed by atoms with Crippen LogP contribution in [0, 0.1) is 6.92 Å². The summed E-state index contributed by atoms with van der Waals surface area (Å²) in [6.45, 7) is 5.59. The second-order valence-electron chi connectivity index (χ2n) is 7.05. The Balaban J connectivity index is 2.06. The Hall–Kier alpha value is -2.80. The first-order valence-corrected chi connectivity index (χ1v) is 9.57. The maximum atomic E-state index is 11.1. The molecule has 0 bridgehead atoms. The maximum absolute atomic E-state index is 11.1. The van der Waals surface area contributed by atoms with Crippen molar-refractivity contribution in [2.45, 2.75) is 32.8 Å². The Labute approximate surface area is 172 Å². The van der Waals surface area contributed by atoms with Crippen molar-refractivity contribution >= 4 is 22.0 Å². The summed E-state index contributed by atoms with van der Waals surface area (Å²) in [5.74, 6) is 0.545. The number of amides is 1. The van der Waals surface area contributed by atoms with Gasteiger partial charge in [-0.3, -0.25) is 4.98 Å². The largest absolute Gasteiger partial charge is 0.443 e. The SMILES string of the molecule is Cc1ccccc1-c1ncccc1-c1nc(CC(C)(C)OC(N)=O)ncc1Br. The van der Waals surface area contributed by atoms with Gasteiger partial charge in [0.2, 0.25) is 0 Å². The summed E-state index contributed by atoms with van der Waals surface area (Å²) in [5, 5.41) is 0. The van der Waals surface area contributed by atoms with Crippen molar-refractivity contribution in [2.24, 2.45) is 5.73 Å². The van der Waals surface area contributed by atoms with Crippen LogP contribution in [0.2, 0.25) is 0 Å². The van der Waals surface area contributed by atoms with Gasteiger partial charge in [0.1, 0.15) is 11.4 Å². The van der Waals surface area contributed by atoms with Gasteiger partial charge in [-0.1, -0.05) is 24.3 Å². The Morgan fingerprint density at radius 3 is 2.54 bits per heavy atom. The fourth-order valence-electron chi connectivity index (χ4n) is 3.02. The molecule has 0 radical (unpaired) electrons. The van der Waals surface area contributed by atoms with Crippen LogP contribution < -0.4 is 5.73 Å². The molecule has 0 aliphatic heterocycles. The molecule has 0 saturated heterocycles. The van der Waals surface area contributed by atoms with Crippen molar-refractivity contribution in [1.29, 1.82) is 0 Å². The smallest absolute Gasteiger partial charge is 0.405 e. The number of nitrogens with zero attached hydrogens (tertiary/aromatic N) is 3. The molecule has 3 rings (SSSR count). The van der Waals surface area contributed by atoms with Gasteiger partial charge in [0.25, 0.3) is 0 Å². The molecule has 0 fully saturated rings. The highest BCUT2D eigenvalue weighted by atomic mass is 79.9. The van der Waals surface area contributed by atoms with Crippen molar-refractivity contribution in [3.63, 3.8) is 0 Å². The Bertz CT molecular complexity index is 1020. The highest BCUT2D eigenvalue weighted by Crippen LogP contribution is 2.34. The van der Waals surface area contributed by atoms with E-state index in [0.29, 0.717) is 12.2 Å². The van der Waals surface area contributed by atoms with Crippen LogP contribution in [0.5, 0.6) is 0 Å². The van der Waals surface area contributed by atoms with Gasteiger partial charge in [0, 0.05) is 29.9 Å². The standard InChI is InChI=1S/C21H21BrN4O2/c1-13-7-4-5-8-14(13)18-15(9-6-10-24-18)19-16(22)12-25-17(26-19)11-21(2,3)28-20(23)27/h4-10,12H,11H2,1-3H3,(H2,23,27). The van der Waals surface area contributed by atoms with Gasteiger partial charge in [0.05, 0.1) is 15.9 Å². The number of halogens is 1. The molecule has 3 aromatic rings. The normalized spacial score (nSPS) is 11.3. The van der Waals surface area contributed by atoms with E-state index in [4.69, 9.17) is 15.5 Å². The topological polar surface area (TPSA) is 91.0 Å². The molecular weight excluding hydrogens is 420 g/mol. The molecule has 28 heavy (non-hydrogen) atoms. The van der Waals surface area contributed by atoms with Crippen LogP contribution in [0.15, 0.2) is 53.3 Å². The molecule has 7 heteroatoms. The molecule has 6 nitrogen and oxygen atoms in total. The van der Waals surface area contributed by atoms with Crippen molar-refractivity contribution < 1.29 is 9.53 Å². The number of rotatable bonds is 5. The van der Waals surface area contributed by atoms with E-state index >= 15 is 0 Å². The van der Waals surface area contributed by atoms with Crippen molar-refractivity contribution in [3.8, 4) is 22.5 Å². The first-order valence-electron chi connectivity index (χ1n) is 8.78. The van der Waals surface area contributed by atoms with Crippen LogP contribution in [0.4, 0.5) is 4.79 Å². The quantitative estimate of drug-likeness (QED) is 0.620. The highest BCUT2D eigenvalue weighted by Gasteiger charge is 2.25. The molecule has 144 valence electrons. The molecule has 0 aliphatic carbocycles. The highest BCUT2D eigenvalue weighted by molar-refractivity contribution is 9.10. The average molecular weight is 441 g/mol. The zero-order valence-corrected chi connectivity index (χ0v) is 17.5. The summed E-state index contributed by atoms with van der Waals surface area (Å²) in [5.41, 5.74) is 8.98. The van der Waals surface area contributed by atoms with E-state index in [2.05, 4.69) is 38.9 Å². The summed E-state index contributed by atoms with van der Waals surface area (Å²) in [6, 6.07) is 12.0. The lowest BCUT2D eigenvalue weighted by atomic mass is 9.99. The molecular formula is C21H21BrN4O2. The third kappa shape index (κ3) is 4.54. The number of hydrogen-bond donors (Lipinski definition) is 1. The van der Waals surface area contributed by atoms with Crippen LogP contribution >= 0.6 is 15.9 Å². The third-order valence-corrected chi connectivity index (χ3v) is 4.80. The number of nitrogens with two attached hydrogens (primary N) is 1. The van der Waals surface area contributed by atoms with E-state index in [1.54, 1.807) is 26.2 Å². The van der Waals surface area contributed by atoms with E-state index in [-0.39, 0.29) is 0 Å². The first kappa shape index (κ1) is 19.9. The third-order valence-electron chi connectivity index (χ3n) is 4.22. The zero-order valence-electron chi connectivity index (χ0n) is 15.9. The van der Waals surface area contributed by atoms with Crippen LogP contribution in [-0.2, 0) is 11.2 Å². The molecule has 0 spiro atoms.